The molecule has 0 saturated carbocycles. The molecule has 31 heavy (non-hydrogen) atoms. The Bertz CT molecular complexity index is 951. The van der Waals surface area contributed by atoms with E-state index in [1.165, 1.54) is 0 Å². The Hall–Kier alpha value is -3.55. The van der Waals surface area contributed by atoms with Gasteiger partial charge in [0.2, 0.25) is 17.6 Å². The summed E-state index contributed by atoms with van der Waals surface area (Å²) in [4.78, 5) is 30.9. The molecule has 2 amide bonds. The van der Waals surface area contributed by atoms with Gasteiger partial charge in [0, 0.05) is 31.3 Å². The Kier molecular flexibility index (Phi) is 6.35. The molecular formula is C23H25N3O5. The number of rotatable bonds is 5. The van der Waals surface area contributed by atoms with Crippen LogP contribution in [0.1, 0.15) is 18.4 Å². The van der Waals surface area contributed by atoms with Gasteiger partial charge < -0.3 is 24.4 Å². The standard InChI is InChI=1S/C23H25N3O5/c1-29-18-14-16(15-19-22(18)31-13-12-30-19)5-6-21(27)26-10-7-17(8-11-26)23(28)25-20-4-2-3-9-24-20/h2-6,9,14-15,17H,7-8,10-13H2,1H3,(H,24,25,28). The monoisotopic (exact) mass is 423 g/mol. The van der Waals surface area contributed by atoms with E-state index in [0.717, 1.165) is 5.56 Å². The summed E-state index contributed by atoms with van der Waals surface area (Å²) < 4.78 is 16.6. The minimum atomic E-state index is -0.128. The van der Waals surface area contributed by atoms with Gasteiger partial charge in [0.1, 0.15) is 19.0 Å². The van der Waals surface area contributed by atoms with Gasteiger partial charge in [0.15, 0.2) is 11.5 Å². The summed E-state index contributed by atoms with van der Waals surface area (Å²) in [5, 5.41) is 2.84. The number of likely N-dealkylation sites (tertiary alicyclic amines) is 1. The second-order valence-corrected chi connectivity index (χ2v) is 7.38. The van der Waals surface area contributed by atoms with E-state index in [1.54, 1.807) is 42.5 Å². The van der Waals surface area contributed by atoms with E-state index in [2.05, 4.69) is 10.3 Å². The topological polar surface area (TPSA) is 90.0 Å². The van der Waals surface area contributed by atoms with Crippen molar-refractivity contribution in [3.63, 3.8) is 0 Å². The van der Waals surface area contributed by atoms with Gasteiger partial charge in [-0.05, 0) is 48.7 Å². The maximum Gasteiger partial charge on any atom is 0.246 e. The van der Waals surface area contributed by atoms with Crippen LogP contribution < -0.4 is 19.5 Å². The van der Waals surface area contributed by atoms with Crippen LogP contribution in [-0.4, -0.2) is 55.1 Å². The summed E-state index contributed by atoms with van der Waals surface area (Å²) in [5.74, 6) is 2.05. The number of anilines is 1. The molecule has 162 valence electrons. The summed E-state index contributed by atoms with van der Waals surface area (Å²) in [5.41, 5.74) is 0.791. The van der Waals surface area contributed by atoms with Crippen molar-refractivity contribution in [1.82, 2.24) is 9.88 Å². The smallest absolute Gasteiger partial charge is 0.246 e. The highest BCUT2D eigenvalue weighted by Gasteiger charge is 2.27. The first-order valence-corrected chi connectivity index (χ1v) is 10.3. The summed E-state index contributed by atoms with van der Waals surface area (Å²) in [7, 11) is 1.57. The van der Waals surface area contributed by atoms with Crippen LogP contribution in [0, 0.1) is 5.92 Å². The summed E-state index contributed by atoms with van der Waals surface area (Å²) in [6, 6.07) is 9.02. The van der Waals surface area contributed by atoms with Crippen LogP contribution in [0.4, 0.5) is 5.82 Å². The fourth-order valence-corrected chi connectivity index (χ4v) is 3.69. The lowest BCUT2D eigenvalue weighted by Gasteiger charge is -2.30. The van der Waals surface area contributed by atoms with Gasteiger partial charge in [0.25, 0.3) is 0 Å². The van der Waals surface area contributed by atoms with Crippen molar-refractivity contribution in [2.45, 2.75) is 12.8 Å². The number of carbonyl (C=O) groups is 2. The van der Waals surface area contributed by atoms with Gasteiger partial charge in [-0.15, -0.1) is 0 Å². The molecular weight excluding hydrogens is 398 g/mol. The highest BCUT2D eigenvalue weighted by atomic mass is 16.6. The van der Waals surface area contributed by atoms with Crippen molar-refractivity contribution in [3.8, 4) is 17.2 Å². The molecule has 2 aromatic rings. The summed E-state index contributed by atoms with van der Waals surface area (Å²) in [6.45, 7) is 2.03. The molecule has 0 bridgehead atoms. The number of pyridine rings is 1. The third kappa shape index (κ3) is 4.96. The predicted molar refractivity (Wildman–Crippen MR) is 115 cm³/mol. The number of ether oxygens (including phenoxy) is 3. The van der Waals surface area contributed by atoms with Crippen LogP contribution in [-0.2, 0) is 9.59 Å². The third-order valence-electron chi connectivity index (χ3n) is 5.36. The van der Waals surface area contributed by atoms with E-state index in [1.807, 2.05) is 18.2 Å². The quantitative estimate of drug-likeness (QED) is 0.744. The molecule has 1 N–H and O–H groups in total. The number of nitrogens with zero attached hydrogens (tertiary/aromatic N) is 2. The van der Waals surface area contributed by atoms with Crippen molar-refractivity contribution in [1.29, 1.82) is 0 Å². The molecule has 1 saturated heterocycles. The number of methoxy groups -OCH3 is 1. The molecule has 0 unspecified atom stereocenters. The van der Waals surface area contributed by atoms with Crippen molar-refractivity contribution in [2.24, 2.45) is 5.92 Å². The van der Waals surface area contributed by atoms with E-state index in [0.29, 0.717) is 62.2 Å². The number of amides is 2. The average molecular weight is 423 g/mol. The number of fused-ring (bicyclic) bond motifs is 1. The largest absolute Gasteiger partial charge is 0.493 e. The summed E-state index contributed by atoms with van der Waals surface area (Å²) in [6.07, 6.45) is 6.16. The van der Waals surface area contributed by atoms with Gasteiger partial charge in [-0.3, -0.25) is 9.59 Å². The normalized spacial score (nSPS) is 16.2. The van der Waals surface area contributed by atoms with Gasteiger partial charge in [-0.1, -0.05) is 6.07 Å². The fraction of sp³-hybridized carbons (Fsp3) is 0.348. The van der Waals surface area contributed by atoms with Gasteiger partial charge in [0.05, 0.1) is 7.11 Å². The Morgan fingerprint density at radius 2 is 2.00 bits per heavy atom. The molecule has 4 rings (SSSR count). The zero-order chi connectivity index (χ0) is 21.6. The zero-order valence-electron chi connectivity index (χ0n) is 17.4. The van der Waals surface area contributed by atoms with E-state index < -0.39 is 0 Å². The number of hydrogen-bond acceptors (Lipinski definition) is 6. The molecule has 0 radical (unpaired) electrons. The van der Waals surface area contributed by atoms with Gasteiger partial charge >= 0.3 is 0 Å². The predicted octanol–water partition coefficient (Wildman–Crippen LogP) is 2.75. The minimum absolute atomic E-state index is 0.0512. The number of hydrogen-bond donors (Lipinski definition) is 1. The van der Waals surface area contributed by atoms with Crippen molar-refractivity contribution >= 4 is 23.7 Å². The number of carbonyl (C=O) groups excluding carboxylic acids is 2. The van der Waals surface area contributed by atoms with E-state index in [9.17, 15) is 9.59 Å². The maximum absolute atomic E-state index is 12.6. The lowest BCUT2D eigenvalue weighted by atomic mass is 9.96. The highest BCUT2D eigenvalue weighted by Crippen LogP contribution is 2.40. The molecule has 0 aliphatic carbocycles. The molecule has 8 heteroatoms. The number of aromatic nitrogens is 1. The van der Waals surface area contributed by atoms with Crippen LogP contribution >= 0.6 is 0 Å². The van der Waals surface area contributed by atoms with E-state index in [4.69, 9.17) is 14.2 Å². The molecule has 0 atom stereocenters. The lowest BCUT2D eigenvalue weighted by molar-refractivity contribution is -0.130. The van der Waals surface area contributed by atoms with Crippen LogP contribution in [0.15, 0.2) is 42.6 Å². The number of benzene rings is 1. The zero-order valence-corrected chi connectivity index (χ0v) is 17.4. The molecule has 1 aromatic carbocycles. The summed E-state index contributed by atoms with van der Waals surface area (Å²) >= 11 is 0. The molecule has 1 aromatic heterocycles. The van der Waals surface area contributed by atoms with Gasteiger partial charge in [-0.25, -0.2) is 4.98 Å². The Balaban J connectivity index is 1.33. The first kappa shape index (κ1) is 20.7. The van der Waals surface area contributed by atoms with Gasteiger partial charge in [-0.2, -0.15) is 0 Å². The molecule has 3 heterocycles. The molecule has 2 aliphatic heterocycles. The molecule has 0 spiro atoms. The number of nitrogens with one attached hydrogen (secondary N) is 1. The van der Waals surface area contributed by atoms with Crippen LogP contribution in [0.25, 0.3) is 6.08 Å². The fourth-order valence-electron chi connectivity index (χ4n) is 3.69. The van der Waals surface area contributed by atoms with Crippen molar-refractivity contribution in [3.05, 3.63) is 48.2 Å². The van der Waals surface area contributed by atoms with Crippen LogP contribution in [0.5, 0.6) is 17.2 Å². The van der Waals surface area contributed by atoms with E-state index >= 15 is 0 Å². The van der Waals surface area contributed by atoms with E-state index in [-0.39, 0.29) is 17.7 Å². The average Bonchev–Trinajstić information content (AvgIpc) is 2.82. The first-order chi connectivity index (χ1) is 15.1. The maximum atomic E-state index is 12.6. The second kappa shape index (κ2) is 9.51. The SMILES string of the molecule is COc1cc(C=CC(=O)N2CCC(C(=O)Nc3ccccn3)CC2)cc2c1OCCO2. The van der Waals surface area contributed by atoms with Crippen LogP contribution in [0.3, 0.4) is 0 Å². The van der Waals surface area contributed by atoms with Crippen molar-refractivity contribution < 1.29 is 23.8 Å². The molecule has 1 fully saturated rings. The number of piperidine rings is 1. The Morgan fingerprint density at radius 1 is 1.19 bits per heavy atom. The molecule has 8 nitrogen and oxygen atoms in total. The Morgan fingerprint density at radius 3 is 2.74 bits per heavy atom. The highest BCUT2D eigenvalue weighted by molar-refractivity contribution is 5.93. The molecule has 2 aliphatic rings. The van der Waals surface area contributed by atoms with Crippen LogP contribution in [0.2, 0.25) is 0 Å². The lowest BCUT2D eigenvalue weighted by Crippen LogP contribution is -2.40. The first-order valence-electron chi connectivity index (χ1n) is 10.3. The second-order valence-electron chi connectivity index (χ2n) is 7.38. The Labute approximate surface area is 180 Å². The minimum Gasteiger partial charge on any atom is -0.493 e. The third-order valence-corrected chi connectivity index (χ3v) is 5.36. The van der Waals surface area contributed by atoms with Crippen molar-refractivity contribution in [2.75, 3.05) is 38.7 Å².